The van der Waals surface area contributed by atoms with Crippen LogP contribution in [0.3, 0.4) is 0 Å². The van der Waals surface area contributed by atoms with Gasteiger partial charge >= 0.3 is 18.1 Å². The minimum absolute atomic E-state index is 0.0340. The Morgan fingerprint density at radius 1 is 0.935 bits per heavy atom. The molecule has 1 saturated heterocycles. The first-order valence-electron chi connectivity index (χ1n) is 15.5. The van der Waals surface area contributed by atoms with Crippen molar-refractivity contribution < 1.29 is 51.6 Å². The second kappa shape index (κ2) is 15.1. The number of carbonyl (C=O) groups is 3. The largest absolute Gasteiger partial charge is 0.477 e. The lowest BCUT2D eigenvalue weighted by Crippen LogP contribution is -2.54. The van der Waals surface area contributed by atoms with Gasteiger partial charge in [-0.25, -0.2) is 19.6 Å². The average molecular weight is 652 g/mol. The second-order valence-corrected chi connectivity index (χ2v) is 11.7. The van der Waals surface area contributed by atoms with E-state index in [1.165, 1.54) is 7.11 Å². The Hall–Kier alpha value is -3.94. The van der Waals surface area contributed by atoms with Gasteiger partial charge in [0.1, 0.15) is 23.4 Å². The van der Waals surface area contributed by atoms with E-state index in [0.29, 0.717) is 18.4 Å². The number of nitrogens with zero attached hydrogens (tertiary/aromatic N) is 2. The summed E-state index contributed by atoms with van der Waals surface area (Å²) in [6, 6.07) is 5.12. The highest BCUT2D eigenvalue weighted by Crippen LogP contribution is 2.44. The van der Waals surface area contributed by atoms with E-state index in [1.54, 1.807) is 19.9 Å². The molecule has 0 spiro atoms. The van der Waals surface area contributed by atoms with Crippen LogP contribution in [0.15, 0.2) is 24.3 Å². The van der Waals surface area contributed by atoms with Crippen molar-refractivity contribution in [1.29, 1.82) is 0 Å². The van der Waals surface area contributed by atoms with Crippen LogP contribution in [0.5, 0.6) is 11.8 Å². The van der Waals surface area contributed by atoms with Gasteiger partial charge in [0.05, 0.1) is 19.8 Å². The number of esters is 1. The Balaban J connectivity index is 0.000000221. The lowest BCUT2D eigenvalue weighted by molar-refractivity contribution is -0.148. The molecule has 2 aromatic heterocycles. The standard InChI is InChI=1S/C18H23F3N2O4.C14H17NO4/c1-4-17(5-2,16(25)26-3)23-14(24)13-9-8-12(18(19,20)21)15(22-13)27-10-11-6-7-11;16-14(17)12-6-5-11(9-3-4-9)13(15-12)19-8-10-2-1-7-18-10/h8-9,11H,4-7,10H2,1-3H3,(H,23,24);5-6,9-10H,1-4,7-8H2,(H,16,17). The number of hydrogen-bond acceptors (Lipinski definition) is 9. The maximum atomic E-state index is 13.2. The summed E-state index contributed by atoms with van der Waals surface area (Å²) in [5.41, 5.74) is -1.51. The number of carbonyl (C=O) groups excluding carboxylic acids is 2. The SMILES string of the molecule is CCC(CC)(NC(=O)c1ccc(C(F)(F)F)c(OCC2CC2)n1)C(=O)OC.O=C(O)c1ccc(C2CC2)c(OCC2CCCO2)n1. The van der Waals surface area contributed by atoms with Gasteiger partial charge in [-0.2, -0.15) is 13.2 Å². The number of nitrogens with one attached hydrogen (secondary N) is 1. The number of alkyl halides is 3. The van der Waals surface area contributed by atoms with Gasteiger partial charge in [-0.3, -0.25) is 4.79 Å². The van der Waals surface area contributed by atoms with Crippen molar-refractivity contribution in [3.63, 3.8) is 0 Å². The third-order valence-electron chi connectivity index (χ3n) is 8.24. The summed E-state index contributed by atoms with van der Waals surface area (Å²) in [7, 11) is 1.20. The highest BCUT2D eigenvalue weighted by atomic mass is 19.4. The molecule has 2 saturated carbocycles. The molecule has 11 nitrogen and oxygen atoms in total. The van der Waals surface area contributed by atoms with E-state index in [9.17, 15) is 27.6 Å². The third kappa shape index (κ3) is 9.08. The number of hydrogen-bond donors (Lipinski definition) is 2. The predicted octanol–water partition coefficient (Wildman–Crippen LogP) is 5.57. The number of amides is 1. The highest BCUT2D eigenvalue weighted by molar-refractivity contribution is 5.97. The van der Waals surface area contributed by atoms with Crippen LogP contribution in [0, 0.1) is 5.92 Å². The van der Waals surface area contributed by atoms with Crippen molar-refractivity contribution in [3.05, 3.63) is 46.8 Å². The quantitative estimate of drug-likeness (QED) is 0.264. The normalized spacial score (nSPS) is 17.8. The van der Waals surface area contributed by atoms with Crippen LogP contribution < -0.4 is 14.8 Å². The summed E-state index contributed by atoms with van der Waals surface area (Å²) in [6.45, 7) is 4.76. The molecule has 46 heavy (non-hydrogen) atoms. The summed E-state index contributed by atoms with van der Waals surface area (Å²) < 4.78 is 60.7. The van der Waals surface area contributed by atoms with E-state index in [2.05, 4.69) is 15.3 Å². The molecule has 0 bridgehead atoms. The third-order valence-corrected chi connectivity index (χ3v) is 8.24. The van der Waals surface area contributed by atoms with E-state index >= 15 is 0 Å². The second-order valence-electron chi connectivity index (χ2n) is 11.7. The predicted molar refractivity (Wildman–Crippen MR) is 158 cm³/mol. The van der Waals surface area contributed by atoms with Crippen LogP contribution in [-0.4, -0.2) is 71.5 Å². The molecule has 2 aliphatic carbocycles. The number of methoxy groups -OCH3 is 1. The summed E-state index contributed by atoms with van der Waals surface area (Å²) in [4.78, 5) is 43.5. The molecule has 14 heteroatoms. The minimum atomic E-state index is -4.65. The van der Waals surface area contributed by atoms with E-state index in [0.717, 1.165) is 62.8 Å². The number of carboxylic acid groups (broad SMARTS) is 1. The molecule has 2 N–H and O–H groups in total. The molecular weight excluding hydrogens is 611 g/mol. The molecule has 252 valence electrons. The maximum Gasteiger partial charge on any atom is 0.421 e. The zero-order valence-electron chi connectivity index (χ0n) is 26.2. The van der Waals surface area contributed by atoms with E-state index in [4.69, 9.17) is 24.1 Å². The fourth-order valence-corrected chi connectivity index (χ4v) is 4.96. The Labute approximate surface area is 265 Å². The van der Waals surface area contributed by atoms with Gasteiger partial charge in [-0.1, -0.05) is 19.9 Å². The van der Waals surface area contributed by atoms with Gasteiger partial charge < -0.3 is 29.4 Å². The molecule has 0 radical (unpaired) electrons. The van der Waals surface area contributed by atoms with Crippen molar-refractivity contribution in [1.82, 2.24) is 15.3 Å². The molecule has 1 atom stereocenters. The molecule has 3 heterocycles. The first-order chi connectivity index (χ1) is 21.9. The zero-order chi connectivity index (χ0) is 33.5. The molecular formula is C32H40F3N3O8. The summed E-state index contributed by atoms with van der Waals surface area (Å²) in [5, 5.41) is 11.5. The van der Waals surface area contributed by atoms with Crippen LogP contribution in [-0.2, 0) is 20.4 Å². The number of ether oxygens (including phenoxy) is 4. The van der Waals surface area contributed by atoms with Gasteiger partial charge in [0.15, 0.2) is 5.69 Å². The van der Waals surface area contributed by atoms with Crippen molar-refractivity contribution in [2.75, 3.05) is 26.9 Å². The molecule has 1 aliphatic heterocycles. The van der Waals surface area contributed by atoms with Crippen molar-refractivity contribution in [3.8, 4) is 11.8 Å². The van der Waals surface area contributed by atoms with Crippen molar-refractivity contribution in [2.45, 2.75) is 89.0 Å². The van der Waals surface area contributed by atoms with Crippen LogP contribution in [0.4, 0.5) is 13.2 Å². The Kier molecular flexibility index (Phi) is 11.5. The molecule has 1 unspecified atom stereocenters. The minimum Gasteiger partial charge on any atom is -0.477 e. The number of aromatic carboxylic acids is 1. The molecule has 1 amide bonds. The van der Waals surface area contributed by atoms with Crippen molar-refractivity contribution in [2.24, 2.45) is 5.92 Å². The van der Waals surface area contributed by atoms with Gasteiger partial charge in [0, 0.05) is 12.2 Å². The summed E-state index contributed by atoms with van der Waals surface area (Å²) in [5.74, 6) is -1.87. The number of rotatable bonds is 13. The topological polar surface area (TPSA) is 146 Å². The van der Waals surface area contributed by atoms with Gasteiger partial charge in [0.25, 0.3) is 5.91 Å². The maximum absolute atomic E-state index is 13.2. The monoisotopic (exact) mass is 651 g/mol. The van der Waals surface area contributed by atoms with E-state index in [-0.39, 0.29) is 42.9 Å². The van der Waals surface area contributed by atoms with Crippen LogP contribution in [0.1, 0.15) is 103 Å². The molecule has 0 aromatic carbocycles. The van der Waals surface area contributed by atoms with Crippen LogP contribution >= 0.6 is 0 Å². The Morgan fingerprint density at radius 2 is 1.59 bits per heavy atom. The van der Waals surface area contributed by atoms with Crippen molar-refractivity contribution >= 4 is 17.8 Å². The molecule has 3 fully saturated rings. The summed E-state index contributed by atoms with van der Waals surface area (Å²) in [6.07, 6.45) is 2.09. The van der Waals surface area contributed by atoms with E-state index < -0.39 is 41.0 Å². The first-order valence-corrected chi connectivity index (χ1v) is 15.5. The molecule has 5 rings (SSSR count). The van der Waals surface area contributed by atoms with E-state index in [1.807, 2.05) is 6.07 Å². The number of pyridine rings is 2. The smallest absolute Gasteiger partial charge is 0.421 e. The van der Waals surface area contributed by atoms with Gasteiger partial charge in [-0.05, 0) is 81.4 Å². The summed E-state index contributed by atoms with van der Waals surface area (Å²) >= 11 is 0. The van der Waals surface area contributed by atoms with Crippen LogP contribution in [0.2, 0.25) is 0 Å². The van der Waals surface area contributed by atoms with Gasteiger partial charge in [0.2, 0.25) is 11.8 Å². The Morgan fingerprint density at radius 3 is 2.13 bits per heavy atom. The highest BCUT2D eigenvalue weighted by Gasteiger charge is 2.40. The zero-order valence-corrected chi connectivity index (χ0v) is 26.2. The molecule has 2 aromatic rings. The Bertz CT molecular complexity index is 1390. The van der Waals surface area contributed by atoms with Crippen LogP contribution in [0.25, 0.3) is 0 Å². The van der Waals surface area contributed by atoms with Gasteiger partial charge in [-0.15, -0.1) is 0 Å². The first kappa shape index (κ1) is 34.9. The fourth-order valence-electron chi connectivity index (χ4n) is 4.96. The lowest BCUT2D eigenvalue weighted by atomic mass is 9.92. The number of carboxylic acids is 1. The number of aromatic nitrogens is 2. The average Bonchev–Trinajstić information content (AvgIpc) is 3.99. The molecule has 3 aliphatic rings. The fraction of sp³-hybridized carbons (Fsp3) is 0.594. The lowest BCUT2D eigenvalue weighted by Gasteiger charge is -2.29. The number of halogens is 3.